The summed E-state index contributed by atoms with van der Waals surface area (Å²) in [5.41, 5.74) is 9.74. The highest BCUT2D eigenvalue weighted by Gasteiger charge is 2.28. The third-order valence-corrected chi connectivity index (χ3v) is 6.60. The number of nitrogens with one attached hydrogen (secondary N) is 1. The molecule has 31 heavy (non-hydrogen) atoms. The normalized spacial score (nSPS) is 19.0. The molecule has 1 aliphatic carbocycles. The molecular formula is C22H24N6O2S. The van der Waals surface area contributed by atoms with Crippen LogP contribution >= 0.6 is 11.3 Å². The number of esters is 1. The molecule has 0 radical (unpaired) electrons. The summed E-state index contributed by atoms with van der Waals surface area (Å²) in [6, 6.07) is 10.1. The Morgan fingerprint density at radius 1 is 1.26 bits per heavy atom. The number of pyridine rings is 1. The number of nitrogen functional groups attached to an aromatic ring is 1. The van der Waals surface area contributed by atoms with Gasteiger partial charge in [-0.2, -0.15) is 0 Å². The number of fused-ring (bicyclic) bond motifs is 2. The highest BCUT2D eigenvalue weighted by molar-refractivity contribution is 7.22. The lowest BCUT2D eigenvalue weighted by Crippen LogP contribution is -2.39. The summed E-state index contributed by atoms with van der Waals surface area (Å²) in [6.07, 6.45) is 5.72. The van der Waals surface area contributed by atoms with Gasteiger partial charge in [-0.25, -0.2) is 15.0 Å². The number of carbonyl (C=O) groups excluding carboxylic acids is 1. The largest absolute Gasteiger partial charge is 0.460 e. The number of thiazole rings is 1. The lowest BCUT2D eigenvalue weighted by atomic mass is 9.92. The van der Waals surface area contributed by atoms with Crippen LogP contribution in [-0.2, 0) is 16.1 Å². The lowest BCUT2D eigenvalue weighted by Gasteiger charge is -2.31. The predicted molar refractivity (Wildman–Crippen MR) is 122 cm³/mol. The van der Waals surface area contributed by atoms with Crippen molar-refractivity contribution < 1.29 is 9.53 Å². The molecule has 1 aliphatic rings. The van der Waals surface area contributed by atoms with Gasteiger partial charge in [-0.15, -0.1) is 0 Å². The molecule has 0 aliphatic heterocycles. The number of nitrogens with two attached hydrogens (primary N) is 1. The minimum atomic E-state index is -0.228. The van der Waals surface area contributed by atoms with Crippen molar-refractivity contribution in [3.63, 3.8) is 0 Å². The maximum absolute atomic E-state index is 11.4. The second-order valence-corrected chi connectivity index (χ2v) is 8.94. The predicted octanol–water partition coefficient (Wildman–Crippen LogP) is 3.96. The summed E-state index contributed by atoms with van der Waals surface area (Å²) in [5.74, 6) is 0.225. The van der Waals surface area contributed by atoms with Gasteiger partial charge in [-0.05, 0) is 49.1 Å². The molecule has 2 atom stereocenters. The summed E-state index contributed by atoms with van der Waals surface area (Å²) in [4.78, 5) is 25.0. The summed E-state index contributed by atoms with van der Waals surface area (Å²) in [5, 5.41) is 4.36. The number of aromatic nitrogens is 4. The van der Waals surface area contributed by atoms with Crippen LogP contribution in [0.4, 0.5) is 11.1 Å². The summed E-state index contributed by atoms with van der Waals surface area (Å²) >= 11 is 1.61. The summed E-state index contributed by atoms with van der Waals surface area (Å²) in [7, 11) is 0. The minimum Gasteiger partial charge on any atom is -0.460 e. The molecule has 0 saturated heterocycles. The van der Waals surface area contributed by atoms with Crippen molar-refractivity contribution in [2.24, 2.45) is 0 Å². The number of benzene rings is 1. The average molecular weight is 437 g/mol. The highest BCUT2D eigenvalue weighted by Crippen LogP contribution is 2.31. The molecule has 8 nitrogen and oxygen atoms in total. The number of ether oxygens (including phenoxy) is 1. The van der Waals surface area contributed by atoms with E-state index in [1.54, 1.807) is 17.5 Å². The lowest BCUT2D eigenvalue weighted by molar-refractivity contribution is -0.148. The van der Waals surface area contributed by atoms with Gasteiger partial charge in [-0.3, -0.25) is 9.36 Å². The fourth-order valence-corrected chi connectivity index (χ4v) is 5.21. The van der Waals surface area contributed by atoms with E-state index >= 15 is 0 Å². The van der Waals surface area contributed by atoms with E-state index in [9.17, 15) is 4.79 Å². The zero-order valence-corrected chi connectivity index (χ0v) is 18.1. The molecular weight excluding hydrogens is 412 g/mol. The molecule has 2 unspecified atom stereocenters. The van der Waals surface area contributed by atoms with Gasteiger partial charge in [0, 0.05) is 13.1 Å². The fourth-order valence-electron chi connectivity index (χ4n) is 4.22. The summed E-state index contributed by atoms with van der Waals surface area (Å²) in [6.45, 7) is 2.06. The van der Waals surface area contributed by atoms with Gasteiger partial charge in [-0.1, -0.05) is 23.8 Å². The first-order valence-corrected chi connectivity index (χ1v) is 11.3. The molecule has 0 spiro atoms. The quantitative estimate of drug-likeness (QED) is 0.456. The zero-order valence-electron chi connectivity index (χ0n) is 17.2. The van der Waals surface area contributed by atoms with Crippen LogP contribution in [0, 0.1) is 0 Å². The molecule has 3 aromatic heterocycles. The van der Waals surface area contributed by atoms with Crippen molar-refractivity contribution in [2.75, 3.05) is 11.1 Å². The van der Waals surface area contributed by atoms with Crippen molar-refractivity contribution >= 4 is 49.8 Å². The van der Waals surface area contributed by atoms with Gasteiger partial charge in [0.15, 0.2) is 10.8 Å². The van der Waals surface area contributed by atoms with Gasteiger partial charge in [0.1, 0.15) is 11.6 Å². The molecule has 5 rings (SSSR count). The number of carbonyl (C=O) groups is 1. The first-order valence-electron chi connectivity index (χ1n) is 10.5. The second kappa shape index (κ2) is 8.14. The fraction of sp³-hybridized carbons (Fsp3) is 0.364. The molecule has 0 amide bonds. The van der Waals surface area contributed by atoms with Crippen LogP contribution in [0.25, 0.3) is 21.4 Å². The smallest absolute Gasteiger partial charge is 0.302 e. The second-order valence-electron chi connectivity index (χ2n) is 7.91. The van der Waals surface area contributed by atoms with Crippen LogP contribution in [-0.4, -0.2) is 37.6 Å². The Hall–Kier alpha value is -3.20. The van der Waals surface area contributed by atoms with E-state index in [0.717, 1.165) is 57.8 Å². The van der Waals surface area contributed by atoms with E-state index in [2.05, 4.69) is 27.4 Å². The Morgan fingerprint density at radius 3 is 3.00 bits per heavy atom. The van der Waals surface area contributed by atoms with E-state index in [1.165, 1.54) is 6.92 Å². The topological polar surface area (TPSA) is 108 Å². The molecule has 160 valence electrons. The van der Waals surface area contributed by atoms with Crippen molar-refractivity contribution in [3.05, 3.63) is 42.1 Å². The number of imidazole rings is 1. The number of anilines is 2. The SMILES string of the molecule is CC(=O)OC1CCCCC1Nc1nc2ccc(Cn3c(N)nc4cccnc43)cc2s1. The Morgan fingerprint density at radius 2 is 2.13 bits per heavy atom. The maximum Gasteiger partial charge on any atom is 0.302 e. The van der Waals surface area contributed by atoms with E-state index in [-0.39, 0.29) is 18.1 Å². The van der Waals surface area contributed by atoms with Crippen molar-refractivity contribution in [3.8, 4) is 0 Å². The average Bonchev–Trinajstić information content (AvgIpc) is 3.29. The molecule has 4 aromatic rings. The molecule has 1 fully saturated rings. The Labute approximate surface area is 183 Å². The Bertz CT molecular complexity index is 1250. The van der Waals surface area contributed by atoms with Crippen LogP contribution in [0.15, 0.2) is 36.5 Å². The van der Waals surface area contributed by atoms with Crippen LogP contribution in [0.3, 0.4) is 0 Å². The monoisotopic (exact) mass is 436 g/mol. The van der Waals surface area contributed by atoms with E-state index in [0.29, 0.717) is 12.5 Å². The molecule has 0 bridgehead atoms. The Kier molecular flexibility index (Phi) is 5.19. The Balaban J connectivity index is 1.37. The van der Waals surface area contributed by atoms with Gasteiger partial charge in [0.2, 0.25) is 5.95 Å². The van der Waals surface area contributed by atoms with Crippen molar-refractivity contribution in [2.45, 2.75) is 51.3 Å². The van der Waals surface area contributed by atoms with Crippen LogP contribution in [0.5, 0.6) is 0 Å². The zero-order chi connectivity index (χ0) is 21.4. The molecule has 3 N–H and O–H groups in total. The standard InChI is InChI=1S/C22H24N6O2S/c1-13(29)30-18-7-3-2-5-15(18)26-22-27-16-9-8-14(11-19(16)31-22)12-28-20-17(25-21(28)23)6-4-10-24-20/h4,6,8-11,15,18H,2-3,5,7,12H2,1H3,(H2,23,25)(H,26,27). The van der Waals surface area contributed by atoms with Crippen LogP contribution in [0.1, 0.15) is 38.2 Å². The molecule has 9 heteroatoms. The van der Waals surface area contributed by atoms with Crippen LogP contribution < -0.4 is 11.1 Å². The van der Waals surface area contributed by atoms with Gasteiger partial charge in [0.25, 0.3) is 0 Å². The number of rotatable bonds is 5. The molecule has 1 saturated carbocycles. The number of nitrogens with zero attached hydrogens (tertiary/aromatic N) is 4. The third-order valence-electron chi connectivity index (χ3n) is 5.66. The maximum atomic E-state index is 11.4. The van der Waals surface area contributed by atoms with E-state index < -0.39 is 0 Å². The molecule has 1 aromatic carbocycles. The van der Waals surface area contributed by atoms with Gasteiger partial charge >= 0.3 is 5.97 Å². The van der Waals surface area contributed by atoms with Crippen LogP contribution in [0.2, 0.25) is 0 Å². The van der Waals surface area contributed by atoms with Crippen molar-refractivity contribution in [1.82, 2.24) is 19.5 Å². The number of hydrogen-bond acceptors (Lipinski definition) is 8. The van der Waals surface area contributed by atoms with E-state index in [4.69, 9.17) is 15.5 Å². The van der Waals surface area contributed by atoms with E-state index in [1.807, 2.05) is 22.8 Å². The van der Waals surface area contributed by atoms with Crippen molar-refractivity contribution in [1.29, 1.82) is 0 Å². The first kappa shape index (κ1) is 19.7. The van der Waals surface area contributed by atoms with Gasteiger partial charge in [0.05, 0.1) is 22.8 Å². The number of hydrogen-bond donors (Lipinski definition) is 2. The minimum absolute atomic E-state index is 0.0980. The summed E-state index contributed by atoms with van der Waals surface area (Å²) < 4.78 is 8.54. The third kappa shape index (κ3) is 4.05. The molecule has 3 heterocycles. The first-order chi connectivity index (χ1) is 15.1. The van der Waals surface area contributed by atoms with Gasteiger partial charge < -0.3 is 15.8 Å². The highest BCUT2D eigenvalue weighted by atomic mass is 32.1.